The fraction of sp³-hybridized carbons (Fsp3) is 0.524. The first kappa shape index (κ1) is 20.9. The summed E-state index contributed by atoms with van der Waals surface area (Å²) in [5, 5.41) is 7.59. The molecule has 1 atom stereocenters. The lowest BCUT2D eigenvalue weighted by molar-refractivity contribution is 0.0908. The number of aromatic nitrogens is 3. The van der Waals surface area contributed by atoms with Gasteiger partial charge < -0.3 is 10.3 Å². The standard InChI is InChI=1S/C21H27N5O3S/c27-19-5-4-15(12-22-19)21(29)23-13-17-3-1-2-7-25(17)8-9-26-20(28)11-16-14-30-10-6-18(16)24-26/h4-5,11-12,17H,1-3,6-10,13-14H2,(H,22,27)(H,23,29). The third-order valence-electron chi connectivity index (χ3n) is 5.80. The second kappa shape index (κ2) is 9.61. The Kier molecular flexibility index (Phi) is 6.69. The van der Waals surface area contributed by atoms with Crippen molar-refractivity contribution in [1.82, 2.24) is 25.0 Å². The van der Waals surface area contributed by atoms with Gasteiger partial charge in [-0.1, -0.05) is 6.42 Å². The van der Waals surface area contributed by atoms with Gasteiger partial charge >= 0.3 is 0 Å². The van der Waals surface area contributed by atoms with E-state index in [1.165, 1.54) is 18.3 Å². The smallest absolute Gasteiger partial charge is 0.267 e. The molecule has 0 radical (unpaired) electrons. The van der Waals surface area contributed by atoms with Crippen molar-refractivity contribution in [3.8, 4) is 0 Å². The lowest BCUT2D eigenvalue weighted by atomic mass is 10.0. The largest absolute Gasteiger partial charge is 0.350 e. The van der Waals surface area contributed by atoms with E-state index >= 15 is 0 Å². The Morgan fingerprint density at radius 1 is 1.27 bits per heavy atom. The second-order valence-corrected chi connectivity index (χ2v) is 8.92. The van der Waals surface area contributed by atoms with Gasteiger partial charge in [-0.15, -0.1) is 0 Å². The molecule has 160 valence electrons. The number of hydrogen-bond donors (Lipinski definition) is 2. The number of carbonyl (C=O) groups excluding carboxylic acids is 1. The minimum absolute atomic E-state index is 0.0313. The van der Waals surface area contributed by atoms with Crippen molar-refractivity contribution in [2.45, 2.75) is 44.0 Å². The predicted molar refractivity (Wildman–Crippen MR) is 117 cm³/mol. The van der Waals surface area contributed by atoms with Crippen molar-refractivity contribution in [2.75, 3.05) is 25.4 Å². The Hall–Kier alpha value is -2.39. The molecule has 1 saturated heterocycles. The maximum atomic E-state index is 12.4. The van der Waals surface area contributed by atoms with Crippen LogP contribution in [0.5, 0.6) is 0 Å². The highest BCUT2D eigenvalue weighted by atomic mass is 32.2. The predicted octanol–water partition coefficient (Wildman–Crippen LogP) is 1.01. The summed E-state index contributed by atoms with van der Waals surface area (Å²) in [4.78, 5) is 40.8. The van der Waals surface area contributed by atoms with Gasteiger partial charge in [-0.3, -0.25) is 19.3 Å². The summed E-state index contributed by atoms with van der Waals surface area (Å²) in [6, 6.07) is 4.85. The number of thioether (sulfide) groups is 1. The summed E-state index contributed by atoms with van der Waals surface area (Å²) in [6.07, 6.45) is 5.61. The van der Waals surface area contributed by atoms with Crippen LogP contribution < -0.4 is 16.4 Å². The van der Waals surface area contributed by atoms with Gasteiger partial charge in [0, 0.05) is 49.6 Å². The zero-order valence-electron chi connectivity index (χ0n) is 16.9. The fourth-order valence-electron chi connectivity index (χ4n) is 4.09. The quantitative estimate of drug-likeness (QED) is 0.711. The van der Waals surface area contributed by atoms with Crippen LogP contribution in [-0.4, -0.2) is 57.0 Å². The second-order valence-electron chi connectivity index (χ2n) is 7.82. The summed E-state index contributed by atoms with van der Waals surface area (Å²) in [5.74, 6) is 1.74. The fourth-order valence-corrected chi connectivity index (χ4v) is 5.04. The summed E-state index contributed by atoms with van der Waals surface area (Å²) >= 11 is 1.85. The number of piperidine rings is 1. The molecule has 9 heteroatoms. The van der Waals surface area contributed by atoms with E-state index in [0.29, 0.717) is 18.7 Å². The molecule has 8 nitrogen and oxygen atoms in total. The van der Waals surface area contributed by atoms with E-state index in [0.717, 1.165) is 61.5 Å². The van der Waals surface area contributed by atoms with Crippen molar-refractivity contribution >= 4 is 17.7 Å². The van der Waals surface area contributed by atoms with E-state index < -0.39 is 0 Å². The number of H-pyrrole nitrogens is 1. The van der Waals surface area contributed by atoms with Gasteiger partial charge in [0.25, 0.3) is 11.5 Å². The SMILES string of the molecule is O=C(NCC1CCCCN1CCn1nc2c(cc1=O)CSCC2)c1ccc(=O)[nH]c1. The number of fused-ring (bicyclic) bond motifs is 1. The van der Waals surface area contributed by atoms with E-state index in [1.54, 1.807) is 10.7 Å². The average Bonchev–Trinajstić information content (AvgIpc) is 2.77. The van der Waals surface area contributed by atoms with Crippen LogP contribution in [0.2, 0.25) is 0 Å². The molecule has 1 amide bonds. The van der Waals surface area contributed by atoms with Crippen LogP contribution in [0.15, 0.2) is 34.0 Å². The van der Waals surface area contributed by atoms with Crippen molar-refractivity contribution in [3.63, 3.8) is 0 Å². The van der Waals surface area contributed by atoms with E-state index in [1.807, 2.05) is 11.8 Å². The molecule has 2 aliphatic heterocycles. The van der Waals surface area contributed by atoms with Crippen molar-refractivity contribution in [1.29, 1.82) is 0 Å². The Morgan fingerprint density at radius 3 is 3.00 bits per heavy atom. The summed E-state index contributed by atoms with van der Waals surface area (Å²) < 4.78 is 1.60. The number of amides is 1. The number of hydrogen-bond acceptors (Lipinski definition) is 6. The molecule has 1 unspecified atom stereocenters. The Balaban J connectivity index is 1.36. The summed E-state index contributed by atoms with van der Waals surface area (Å²) in [5.41, 5.74) is 2.32. The molecular weight excluding hydrogens is 402 g/mol. The maximum Gasteiger partial charge on any atom is 0.267 e. The van der Waals surface area contributed by atoms with Gasteiger partial charge in [0.15, 0.2) is 0 Å². The van der Waals surface area contributed by atoms with Gasteiger partial charge in [-0.05, 0) is 36.8 Å². The number of rotatable bonds is 6. The monoisotopic (exact) mass is 429 g/mol. The molecule has 0 aliphatic carbocycles. The average molecular weight is 430 g/mol. The first-order valence-electron chi connectivity index (χ1n) is 10.5. The first-order chi connectivity index (χ1) is 14.6. The highest BCUT2D eigenvalue weighted by Crippen LogP contribution is 2.21. The Morgan fingerprint density at radius 2 is 2.17 bits per heavy atom. The molecular formula is C21H27N5O3S. The molecule has 0 spiro atoms. The molecule has 2 aromatic heterocycles. The highest BCUT2D eigenvalue weighted by molar-refractivity contribution is 7.98. The number of likely N-dealkylation sites (tertiary alicyclic amines) is 1. The molecule has 2 aliphatic rings. The molecule has 4 heterocycles. The zero-order chi connectivity index (χ0) is 20.9. The first-order valence-corrected chi connectivity index (χ1v) is 11.6. The summed E-state index contributed by atoms with van der Waals surface area (Å²) in [7, 11) is 0. The number of nitrogens with one attached hydrogen (secondary N) is 2. The lowest BCUT2D eigenvalue weighted by Crippen LogP contribution is -2.48. The third kappa shape index (κ3) is 5.02. The van der Waals surface area contributed by atoms with E-state index in [4.69, 9.17) is 0 Å². The van der Waals surface area contributed by atoms with Gasteiger partial charge in [0.1, 0.15) is 0 Å². The van der Waals surface area contributed by atoms with Crippen LogP contribution in [0.1, 0.15) is 40.9 Å². The highest BCUT2D eigenvalue weighted by Gasteiger charge is 2.23. The van der Waals surface area contributed by atoms with Gasteiger partial charge in [0.2, 0.25) is 5.56 Å². The molecule has 30 heavy (non-hydrogen) atoms. The van der Waals surface area contributed by atoms with E-state index in [9.17, 15) is 14.4 Å². The maximum absolute atomic E-state index is 12.4. The van der Waals surface area contributed by atoms with Crippen molar-refractivity contribution in [2.24, 2.45) is 0 Å². The van der Waals surface area contributed by atoms with E-state index in [-0.39, 0.29) is 23.1 Å². The third-order valence-corrected chi connectivity index (χ3v) is 6.81. The van der Waals surface area contributed by atoms with Crippen molar-refractivity contribution < 1.29 is 4.79 Å². The Labute approximate surface area is 179 Å². The molecule has 2 N–H and O–H groups in total. The summed E-state index contributed by atoms with van der Waals surface area (Å²) in [6.45, 7) is 2.79. The minimum atomic E-state index is -0.227. The number of pyridine rings is 1. The molecule has 1 fully saturated rings. The van der Waals surface area contributed by atoms with Crippen LogP contribution in [-0.2, 0) is 18.7 Å². The number of carbonyl (C=O) groups is 1. The van der Waals surface area contributed by atoms with Gasteiger partial charge in [-0.2, -0.15) is 16.9 Å². The lowest BCUT2D eigenvalue weighted by Gasteiger charge is -2.35. The number of aromatic amines is 1. The normalized spacial score (nSPS) is 19.3. The number of nitrogens with zero attached hydrogens (tertiary/aromatic N) is 3. The van der Waals surface area contributed by atoms with E-state index in [2.05, 4.69) is 20.3 Å². The van der Waals surface area contributed by atoms with Crippen LogP contribution in [0.4, 0.5) is 0 Å². The topological polar surface area (TPSA) is 100 Å². The molecule has 0 bridgehead atoms. The molecule has 0 aromatic carbocycles. The van der Waals surface area contributed by atoms with Crippen LogP contribution in [0.25, 0.3) is 0 Å². The Bertz CT molecular complexity index is 998. The van der Waals surface area contributed by atoms with Crippen LogP contribution >= 0.6 is 11.8 Å². The van der Waals surface area contributed by atoms with Crippen LogP contribution in [0, 0.1) is 0 Å². The molecule has 4 rings (SSSR count). The van der Waals surface area contributed by atoms with Gasteiger partial charge in [-0.25, -0.2) is 4.68 Å². The van der Waals surface area contributed by atoms with Crippen LogP contribution in [0.3, 0.4) is 0 Å². The van der Waals surface area contributed by atoms with Crippen molar-refractivity contribution in [3.05, 3.63) is 61.9 Å². The minimum Gasteiger partial charge on any atom is -0.350 e. The zero-order valence-corrected chi connectivity index (χ0v) is 17.7. The van der Waals surface area contributed by atoms with Gasteiger partial charge in [0.05, 0.1) is 17.8 Å². The number of aryl methyl sites for hydroxylation is 1. The molecule has 2 aromatic rings. The molecule has 0 saturated carbocycles.